The van der Waals surface area contributed by atoms with Crippen molar-refractivity contribution in [1.29, 1.82) is 0 Å². The summed E-state index contributed by atoms with van der Waals surface area (Å²) in [7, 11) is 3.37. The largest absolute Gasteiger partial charge is 0.387 e. The molecule has 0 aliphatic carbocycles. The predicted octanol–water partition coefficient (Wildman–Crippen LogP) is -0.113. The molecule has 0 aromatic rings. The van der Waals surface area contributed by atoms with Gasteiger partial charge < -0.3 is 9.64 Å². The van der Waals surface area contributed by atoms with Crippen molar-refractivity contribution in [3.05, 3.63) is 24.8 Å². The van der Waals surface area contributed by atoms with E-state index in [1.165, 1.54) is 11.0 Å². The van der Waals surface area contributed by atoms with Gasteiger partial charge in [0.1, 0.15) is 0 Å². The first kappa shape index (κ1) is 12.1. The molecule has 0 aromatic carbocycles. The van der Waals surface area contributed by atoms with Crippen molar-refractivity contribution < 1.29 is 19.1 Å². The summed E-state index contributed by atoms with van der Waals surface area (Å²) in [6.45, 7) is 3.29. The third kappa shape index (κ3) is 4.87. The smallest absolute Gasteiger partial charge is 0.338 e. The Balaban J connectivity index is 0.000000241. The number of esters is 2. The van der Waals surface area contributed by atoms with E-state index in [0.29, 0.717) is 0 Å². The summed E-state index contributed by atoms with van der Waals surface area (Å²) in [6, 6.07) is 0. The predicted molar refractivity (Wildman–Crippen MR) is 49.1 cm³/mol. The molecule has 76 valence electrons. The molecule has 0 N–H and O–H groups in total. The molecular weight excluding hydrogens is 186 g/mol. The Morgan fingerprint density at radius 3 is 1.86 bits per heavy atom. The number of cyclic esters (lactones) is 2. The number of carbonyl (C=O) groups excluding carboxylic acids is 3. The Bertz CT molecular complexity index is 275. The van der Waals surface area contributed by atoms with Crippen molar-refractivity contribution in [2.45, 2.75) is 0 Å². The lowest BCUT2D eigenvalue weighted by molar-refractivity contribution is -0.150. The summed E-state index contributed by atoms with van der Waals surface area (Å²) >= 11 is 0. The molecule has 0 aromatic heterocycles. The number of hydrogen-bond donors (Lipinski definition) is 0. The molecule has 0 unspecified atom stereocenters. The number of ether oxygens (including phenoxy) is 1. The zero-order valence-electron chi connectivity index (χ0n) is 8.02. The second kappa shape index (κ2) is 5.69. The fourth-order valence-electron chi connectivity index (χ4n) is 0.486. The monoisotopic (exact) mass is 197 g/mol. The van der Waals surface area contributed by atoms with Gasteiger partial charge in [-0.15, -0.1) is 0 Å². The minimum Gasteiger partial charge on any atom is -0.387 e. The van der Waals surface area contributed by atoms with Gasteiger partial charge in [-0.05, 0) is 6.08 Å². The third-order valence-electron chi connectivity index (χ3n) is 1.17. The SMILES string of the molecule is C=CC(=O)N(C)C.O=C1C=CC(=O)O1. The van der Waals surface area contributed by atoms with Crippen LogP contribution in [0.5, 0.6) is 0 Å². The van der Waals surface area contributed by atoms with Gasteiger partial charge >= 0.3 is 11.9 Å². The van der Waals surface area contributed by atoms with E-state index in [1.54, 1.807) is 14.1 Å². The maximum absolute atomic E-state index is 10.3. The van der Waals surface area contributed by atoms with Crippen LogP contribution in [0.2, 0.25) is 0 Å². The van der Waals surface area contributed by atoms with Crippen LogP contribution in [0.3, 0.4) is 0 Å². The number of amides is 1. The maximum Gasteiger partial charge on any atom is 0.338 e. The van der Waals surface area contributed by atoms with Crippen LogP contribution in [-0.2, 0) is 19.1 Å². The highest BCUT2D eigenvalue weighted by Crippen LogP contribution is 1.92. The topological polar surface area (TPSA) is 63.7 Å². The molecule has 1 aliphatic rings. The van der Waals surface area contributed by atoms with E-state index >= 15 is 0 Å². The Morgan fingerprint density at radius 1 is 1.36 bits per heavy atom. The minimum atomic E-state index is -0.579. The van der Waals surface area contributed by atoms with E-state index in [0.717, 1.165) is 12.2 Å². The Kier molecular flexibility index (Phi) is 4.91. The molecule has 5 nitrogen and oxygen atoms in total. The number of nitrogens with zero attached hydrogens (tertiary/aromatic N) is 1. The highest BCUT2D eigenvalue weighted by atomic mass is 16.6. The lowest BCUT2D eigenvalue weighted by atomic mass is 10.5. The van der Waals surface area contributed by atoms with Gasteiger partial charge in [-0.2, -0.15) is 0 Å². The molecule has 1 amide bonds. The molecule has 1 heterocycles. The van der Waals surface area contributed by atoms with Gasteiger partial charge in [0.25, 0.3) is 0 Å². The van der Waals surface area contributed by atoms with E-state index in [2.05, 4.69) is 11.3 Å². The molecule has 0 bridgehead atoms. The second-order valence-electron chi connectivity index (χ2n) is 2.51. The van der Waals surface area contributed by atoms with Crippen molar-refractivity contribution in [3.63, 3.8) is 0 Å². The van der Waals surface area contributed by atoms with Gasteiger partial charge in [0.15, 0.2) is 0 Å². The van der Waals surface area contributed by atoms with Crippen LogP contribution < -0.4 is 0 Å². The van der Waals surface area contributed by atoms with Crippen LogP contribution in [0.4, 0.5) is 0 Å². The maximum atomic E-state index is 10.3. The molecule has 0 fully saturated rings. The van der Waals surface area contributed by atoms with E-state index < -0.39 is 11.9 Å². The summed E-state index contributed by atoms with van der Waals surface area (Å²) in [6.07, 6.45) is 3.45. The van der Waals surface area contributed by atoms with Crippen LogP contribution in [0.25, 0.3) is 0 Å². The number of likely N-dealkylation sites (N-methyl/N-ethyl adjacent to an activating group) is 1. The van der Waals surface area contributed by atoms with Crippen molar-refractivity contribution >= 4 is 17.8 Å². The van der Waals surface area contributed by atoms with Crippen molar-refractivity contribution in [2.75, 3.05) is 14.1 Å². The minimum absolute atomic E-state index is 0.0556. The van der Waals surface area contributed by atoms with Crippen molar-refractivity contribution in [3.8, 4) is 0 Å². The van der Waals surface area contributed by atoms with Crippen molar-refractivity contribution in [1.82, 2.24) is 4.90 Å². The first-order valence-corrected chi connectivity index (χ1v) is 3.75. The highest BCUT2D eigenvalue weighted by Gasteiger charge is 2.10. The van der Waals surface area contributed by atoms with Gasteiger partial charge in [0.2, 0.25) is 5.91 Å². The van der Waals surface area contributed by atoms with Crippen molar-refractivity contribution in [2.24, 2.45) is 0 Å². The fourth-order valence-corrected chi connectivity index (χ4v) is 0.486. The summed E-state index contributed by atoms with van der Waals surface area (Å²) in [4.78, 5) is 31.6. The average Bonchev–Trinajstić information content (AvgIpc) is 2.49. The van der Waals surface area contributed by atoms with Gasteiger partial charge in [0, 0.05) is 26.2 Å². The standard InChI is InChI=1S/C5H9NO.C4H2O3/c1-4-5(7)6(2)3;5-3-1-2-4(6)7-3/h4H,1H2,2-3H3;1-2H. The van der Waals surface area contributed by atoms with Crippen LogP contribution in [0.1, 0.15) is 0 Å². The summed E-state index contributed by atoms with van der Waals surface area (Å²) < 4.78 is 3.97. The molecule has 0 radical (unpaired) electrons. The van der Waals surface area contributed by atoms with Crippen LogP contribution in [0, 0.1) is 0 Å². The van der Waals surface area contributed by atoms with Gasteiger partial charge in [-0.25, -0.2) is 9.59 Å². The highest BCUT2D eigenvalue weighted by molar-refractivity contribution is 6.04. The normalized spacial score (nSPS) is 12.7. The quantitative estimate of drug-likeness (QED) is 0.334. The van der Waals surface area contributed by atoms with Crippen LogP contribution >= 0.6 is 0 Å². The number of carbonyl (C=O) groups is 3. The molecule has 14 heavy (non-hydrogen) atoms. The molecule has 0 spiro atoms. The number of hydrogen-bond acceptors (Lipinski definition) is 4. The lowest BCUT2D eigenvalue weighted by Crippen LogP contribution is -2.18. The summed E-state index contributed by atoms with van der Waals surface area (Å²) in [5.74, 6) is -1.21. The molecule has 5 heteroatoms. The van der Waals surface area contributed by atoms with E-state index in [4.69, 9.17) is 0 Å². The number of rotatable bonds is 1. The van der Waals surface area contributed by atoms with Gasteiger partial charge in [-0.3, -0.25) is 4.79 Å². The fraction of sp³-hybridized carbons (Fsp3) is 0.222. The second-order valence-corrected chi connectivity index (χ2v) is 2.51. The molecule has 0 saturated heterocycles. The average molecular weight is 197 g/mol. The third-order valence-corrected chi connectivity index (χ3v) is 1.17. The molecule has 1 aliphatic heterocycles. The summed E-state index contributed by atoms with van der Waals surface area (Å²) in [5, 5.41) is 0. The van der Waals surface area contributed by atoms with Gasteiger partial charge in [-0.1, -0.05) is 6.58 Å². The van der Waals surface area contributed by atoms with Crippen LogP contribution in [-0.4, -0.2) is 36.8 Å². The Morgan fingerprint density at radius 2 is 1.79 bits per heavy atom. The zero-order chi connectivity index (χ0) is 11.1. The Hall–Kier alpha value is -1.91. The van der Waals surface area contributed by atoms with E-state index in [-0.39, 0.29) is 5.91 Å². The van der Waals surface area contributed by atoms with E-state index in [1.807, 2.05) is 0 Å². The molecule has 0 saturated carbocycles. The zero-order valence-corrected chi connectivity index (χ0v) is 8.02. The lowest BCUT2D eigenvalue weighted by Gasteiger charge is -2.03. The van der Waals surface area contributed by atoms with Crippen LogP contribution in [0.15, 0.2) is 24.8 Å². The molecular formula is C9H11NO4. The molecule has 0 atom stereocenters. The Labute approximate surface area is 81.6 Å². The molecule has 1 rings (SSSR count). The summed E-state index contributed by atoms with van der Waals surface area (Å²) in [5.41, 5.74) is 0. The first-order chi connectivity index (χ1) is 6.47. The first-order valence-electron chi connectivity index (χ1n) is 3.75. The van der Waals surface area contributed by atoms with Gasteiger partial charge in [0.05, 0.1) is 0 Å². The van der Waals surface area contributed by atoms with E-state index in [9.17, 15) is 14.4 Å².